The predicted octanol–water partition coefficient (Wildman–Crippen LogP) is 5.21. The van der Waals surface area contributed by atoms with Crippen molar-refractivity contribution in [3.8, 4) is 0 Å². The molecule has 0 spiro atoms. The summed E-state index contributed by atoms with van der Waals surface area (Å²) in [7, 11) is 0. The topological polar surface area (TPSA) is 70.6 Å². The molecule has 4 rings (SSSR count). The first-order chi connectivity index (χ1) is 15.6. The number of para-hydroxylation sites is 1. The van der Waals surface area contributed by atoms with Crippen molar-refractivity contribution in [1.82, 2.24) is 5.43 Å². The highest BCUT2D eigenvalue weighted by molar-refractivity contribution is 6.39. The molecule has 0 heterocycles. The molecule has 4 aromatic rings. The molecule has 0 aromatic heterocycles. The second-order valence-electron chi connectivity index (χ2n) is 7.54. The minimum atomic E-state index is -0.807. The molecule has 0 aliphatic heterocycles. The summed E-state index contributed by atoms with van der Waals surface area (Å²) in [4.78, 5) is 24.9. The number of amides is 2. The lowest BCUT2D eigenvalue weighted by atomic mass is 9.97. The molecule has 32 heavy (non-hydrogen) atoms. The lowest BCUT2D eigenvalue weighted by Gasteiger charge is -2.13. The van der Waals surface area contributed by atoms with Crippen LogP contribution in [0, 0.1) is 0 Å². The fourth-order valence-electron chi connectivity index (χ4n) is 3.97. The van der Waals surface area contributed by atoms with E-state index in [1.807, 2.05) is 80.6 Å². The van der Waals surface area contributed by atoms with Gasteiger partial charge < -0.3 is 5.32 Å². The van der Waals surface area contributed by atoms with Gasteiger partial charge in [0.25, 0.3) is 0 Å². The number of anilines is 1. The molecule has 0 fully saturated rings. The van der Waals surface area contributed by atoms with E-state index >= 15 is 0 Å². The lowest BCUT2D eigenvalue weighted by molar-refractivity contribution is -0.136. The van der Waals surface area contributed by atoms with Gasteiger partial charge in [0.05, 0.1) is 6.21 Å². The van der Waals surface area contributed by atoms with Crippen molar-refractivity contribution in [2.75, 3.05) is 5.32 Å². The van der Waals surface area contributed by atoms with Gasteiger partial charge in [-0.25, -0.2) is 5.43 Å². The van der Waals surface area contributed by atoms with Crippen LogP contribution in [0.1, 0.15) is 30.5 Å². The zero-order valence-corrected chi connectivity index (χ0v) is 18.2. The molecule has 0 radical (unpaired) electrons. The molecule has 0 bridgehead atoms. The van der Waals surface area contributed by atoms with E-state index in [1.54, 1.807) is 6.21 Å². The van der Waals surface area contributed by atoms with Crippen molar-refractivity contribution in [1.29, 1.82) is 0 Å². The Kier molecular flexibility index (Phi) is 6.26. The Morgan fingerprint density at radius 3 is 1.91 bits per heavy atom. The summed E-state index contributed by atoms with van der Waals surface area (Å²) < 4.78 is 0. The molecule has 0 aliphatic rings. The maximum Gasteiger partial charge on any atom is 0.329 e. The number of hydrazone groups is 1. The number of hydrogen-bond donors (Lipinski definition) is 2. The number of carbonyl (C=O) groups is 2. The van der Waals surface area contributed by atoms with Crippen LogP contribution in [0.4, 0.5) is 5.69 Å². The van der Waals surface area contributed by atoms with E-state index in [0.29, 0.717) is 5.69 Å². The molecule has 2 N–H and O–H groups in total. The van der Waals surface area contributed by atoms with Crippen molar-refractivity contribution in [2.24, 2.45) is 5.10 Å². The van der Waals surface area contributed by atoms with Crippen molar-refractivity contribution in [3.63, 3.8) is 0 Å². The molecule has 4 aromatic carbocycles. The number of hydrogen-bond acceptors (Lipinski definition) is 3. The number of rotatable bonds is 5. The Balaban J connectivity index is 1.57. The smallest absolute Gasteiger partial charge is 0.317 e. The van der Waals surface area contributed by atoms with Crippen LogP contribution in [0.15, 0.2) is 77.9 Å². The third-order valence-corrected chi connectivity index (χ3v) is 5.62. The average Bonchev–Trinajstić information content (AvgIpc) is 2.83. The van der Waals surface area contributed by atoms with Gasteiger partial charge in [0, 0.05) is 11.3 Å². The van der Waals surface area contributed by atoms with Crippen molar-refractivity contribution < 1.29 is 9.59 Å². The summed E-state index contributed by atoms with van der Waals surface area (Å²) in [5, 5.41) is 11.1. The van der Waals surface area contributed by atoms with Crippen LogP contribution in [-0.4, -0.2) is 18.0 Å². The van der Waals surface area contributed by atoms with Gasteiger partial charge in [0.1, 0.15) is 0 Å². The molecule has 5 heteroatoms. The van der Waals surface area contributed by atoms with Gasteiger partial charge >= 0.3 is 11.8 Å². The Hall–Kier alpha value is -3.99. The number of fused-ring (bicyclic) bond motifs is 2. The van der Waals surface area contributed by atoms with Crippen LogP contribution < -0.4 is 10.7 Å². The van der Waals surface area contributed by atoms with Gasteiger partial charge in [0.2, 0.25) is 0 Å². The molecule has 160 valence electrons. The normalized spacial score (nSPS) is 11.2. The van der Waals surface area contributed by atoms with E-state index in [1.165, 1.54) is 0 Å². The van der Waals surface area contributed by atoms with E-state index < -0.39 is 11.8 Å². The summed E-state index contributed by atoms with van der Waals surface area (Å²) in [6, 6.07) is 24.0. The van der Waals surface area contributed by atoms with E-state index in [9.17, 15) is 9.59 Å². The van der Waals surface area contributed by atoms with Gasteiger partial charge in [-0.05, 0) is 51.6 Å². The Labute approximate surface area is 187 Å². The second-order valence-corrected chi connectivity index (χ2v) is 7.54. The zero-order valence-electron chi connectivity index (χ0n) is 18.2. The third kappa shape index (κ3) is 4.23. The highest BCUT2D eigenvalue weighted by atomic mass is 16.2. The van der Waals surface area contributed by atoms with Crippen LogP contribution in [0.3, 0.4) is 0 Å². The predicted molar refractivity (Wildman–Crippen MR) is 131 cm³/mol. The van der Waals surface area contributed by atoms with Crippen molar-refractivity contribution >= 4 is 45.3 Å². The Morgan fingerprint density at radius 1 is 0.781 bits per heavy atom. The molecule has 0 unspecified atom stereocenters. The van der Waals surface area contributed by atoms with Crippen LogP contribution in [0.5, 0.6) is 0 Å². The van der Waals surface area contributed by atoms with Gasteiger partial charge in [-0.15, -0.1) is 0 Å². The Morgan fingerprint density at radius 2 is 1.34 bits per heavy atom. The number of carbonyl (C=O) groups excluding carboxylic acids is 2. The molecule has 0 saturated carbocycles. The average molecular weight is 424 g/mol. The quantitative estimate of drug-likeness (QED) is 0.200. The molecule has 5 nitrogen and oxygen atoms in total. The summed E-state index contributed by atoms with van der Waals surface area (Å²) in [6.07, 6.45) is 3.13. The fourth-order valence-corrected chi connectivity index (χ4v) is 3.97. The second kappa shape index (κ2) is 9.43. The SMILES string of the molecule is CCc1cccc(CC)c1NC(=O)C(=O)N/N=C\c1c2ccccc2cc2ccccc12. The number of nitrogens with one attached hydrogen (secondary N) is 2. The third-order valence-electron chi connectivity index (χ3n) is 5.62. The Bertz CT molecular complexity index is 1270. The molecular weight excluding hydrogens is 398 g/mol. The number of aryl methyl sites for hydroxylation is 2. The van der Waals surface area contributed by atoms with Crippen LogP contribution in [-0.2, 0) is 22.4 Å². The number of nitrogens with zero attached hydrogens (tertiary/aromatic N) is 1. The summed E-state index contributed by atoms with van der Waals surface area (Å²) in [5.74, 6) is -1.54. The minimum absolute atomic E-state index is 0.710. The monoisotopic (exact) mass is 423 g/mol. The first-order valence-corrected chi connectivity index (χ1v) is 10.8. The summed E-state index contributed by atoms with van der Waals surface area (Å²) in [6.45, 7) is 4.03. The maximum atomic E-state index is 12.5. The molecule has 0 saturated heterocycles. The molecular formula is C27H25N3O2. The molecule has 0 aliphatic carbocycles. The standard InChI is InChI=1S/C27H25N3O2/c1-3-18-12-9-13-19(4-2)25(18)29-26(31)27(32)30-28-17-24-22-14-7-5-10-20(22)16-21-11-6-8-15-23(21)24/h5-17H,3-4H2,1-2H3,(H,29,31)(H,30,32)/b28-17-. The largest absolute Gasteiger partial charge is 0.329 e. The number of benzene rings is 4. The van der Waals surface area contributed by atoms with E-state index in [-0.39, 0.29) is 0 Å². The first-order valence-electron chi connectivity index (χ1n) is 10.8. The van der Waals surface area contributed by atoms with Gasteiger partial charge in [-0.3, -0.25) is 9.59 Å². The highest BCUT2D eigenvalue weighted by Gasteiger charge is 2.16. The van der Waals surface area contributed by atoms with E-state index in [0.717, 1.165) is 51.1 Å². The van der Waals surface area contributed by atoms with Crippen molar-refractivity contribution in [2.45, 2.75) is 26.7 Å². The summed E-state index contributed by atoms with van der Waals surface area (Å²) in [5.41, 5.74) is 5.97. The van der Waals surface area contributed by atoms with Crippen molar-refractivity contribution in [3.05, 3.63) is 89.5 Å². The zero-order chi connectivity index (χ0) is 22.5. The molecule has 0 atom stereocenters. The van der Waals surface area contributed by atoms with Crippen LogP contribution in [0.25, 0.3) is 21.5 Å². The van der Waals surface area contributed by atoms with E-state index in [4.69, 9.17) is 0 Å². The maximum absolute atomic E-state index is 12.5. The molecule has 2 amide bonds. The minimum Gasteiger partial charge on any atom is -0.317 e. The highest BCUT2D eigenvalue weighted by Crippen LogP contribution is 2.27. The van der Waals surface area contributed by atoms with Gasteiger partial charge in [-0.2, -0.15) is 5.10 Å². The summed E-state index contributed by atoms with van der Waals surface area (Å²) >= 11 is 0. The lowest BCUT2D eigenvalue weighted by Crippen LogP contribution is -2.33. The first kappa shape index (κ1) is 21.2. The fraction of sp³-hybridized carbons (Fsp3) is 0.148. The van der Waals surface area contributed by atoms with E-state index in [2.05, 4.69) is 21.9 Å². The van der Waals surface area contributed by atoms with Crippen LogP contribution in [0.2, 0.25) is 0 Å². The van der Waals surface area contributed by atoms with Gasteiger partial charge in [0.15, 0.2) is 0 Å². The van der Waals surface area contributed by atoms with Crippen LogP contribution >= 0.6 is 0 Å². The van der Waals surface area contributed by atoms with Gasteiger partial charge in [-0.1, -0.05) is 80.6 Å².